The quantitative estimate of drug-likeness (QED) is 0.862. The van der Waals surface area contributed by atoms with Gasteiger partial charge in [-0.2, -0.15) is 5.26 Å². The van der Waals surface area contributed by atoms with E-state index < -0.39 is 0 Å². The number of nitrogens with zero attached hydrogens (tertiary/aromatic N) is 3. The third kappa shape index (κ3) is 2.21. The Morgan fingerprint density at radius 1 is 1.40 bits per heavy atom. The fraction of sp³-hybridized carbons (Fsp3) is 0.333. The Kier molecular flexibility index (Phi) is 3.66. The van der Waals surface area contributed by atoms with Crippen molar-refractivity contribution in [3.05, 3.63) is 41.4 Å². The van der Waals surface area contributed by atoms with E-state index in [-0.39, 0.29) is 17.5 Å². The molecule has 104 valence electrons. The Labute approximate surface area is 118 Å². The monoisotopic (exact) mass is 271 g/mol. The van der Waals surface area contributed by atoms with E-state index in [1.54, 1.807) is 35.8 Å². The van der Waals surface area contributed by atoms with Crippen LogP contribution < -0.4 is 0 Å². The number of aryl methyl sites for hydroxylation is 1. The van der Waals surface area contributed by atoms with E-state index in [0.717, 1.165) is 0 Å². The molecule has 2 heterocycles. The van der Waals surface area contributed by atoms with E-state index in [4.69, 9.17) is 4.42 Å². The molecular weight excluding hydrogens is 254 g/mol. The van der Waals surface area contributed by atoms with Gasteiger partial charge in [0.05, 0.1) is 0 Å². The van der Waals surface area contributed by atoms with Crippen molar-refractivity contribution < 1.29 is 9.21 Å². The first-order chi connectivity index (χ1) is 9.47. The average molecular weight is 271 g/mol. The first-order valence-electron chi connectivity index (χ1n) is 6.41. The summed E-state index contributed by atoms with van der Waals surface area (Å²) in [6, 6.07) is 5.81. The molecule has 2 aromatic rings. The second-order valence-corrected chi connectivity index (χ2v) is 4.93. The minimum Gasteiger partial charge on any atom is -0.443 e. The molecule has 0 atom stereocenters. The molecule has 0 aliphatic rings. The van der Waals surface area contributed by atoms with Gasteiger partial charge in [0, 0.05) is 25.5 Å². The Bertz CT molecular complexity index is 660. The number of furan rings is 1. The van der Waals surface area contributed by atoms with Crippen molar-refractivity contribution in [3.8, 4) is 12.0 Å². The van der Waals surface area contributed by atoms with Crippen LogP contribution in [-0.2, 0) is 0 Å². The van der Waals surface area contributed by atoms with Gasteiger partial charge in [-0.3, -0.25) is 9.36 Å². The maximum atomic E-state index is 12.5. The van der Waals surface area contributed by atoms with Gasteiger partial charge in [0.2, 0.25) is 5.88 Å². The number of nitriles is 1. The number of hydrogen-bond acceptors (Lipinski definition) is 3. The highest BCUT2D eigenvalue weighted by Crippen LogP contribution is 2.26. The number of aromatic nitrogens is 1. The van der Waals surface area contributed by atoms with Crippen LogP contribution in [0.5, 0.6) is 0 Å². The molecule has 0 radical (unpaired) electrons. The molecule has 1 amide bonds. The van der Waals surface area contributed by atoms with Gasteiger partial charge in [0.15, 0.2) is 0 Å². The van der Waals surface area contributed by atoms with Crippen molar-refractivity contribution in [3.63, 3.8) is 0 Å². The second kappa shape index (κ2) is 5.25. The summed E-state index contributed by atoms with van der Waals surface area (Å²) in [5.41, 5.74) is 0.614. The summed E-state index contributed by atoms with van der Waals surface area (Å²) in [4.78, 5) is 14.1. The number of rotatable bonds is 3. The molecule has 20 heavy (non-hydrogen) atoms. The highest BCUT2D eigenvalue weighted by molar-refractivity contribution is 5.98. The maximum Gasteiger partial charge on any atom is 0.258 e. The summed E-state index contributed by atoms with van der Waals surface area (Å²) in [6.45, 7) is 5.55. The maximum absolute atomic E-state index is 12.5. The fourth-order valence-electron chi connectivity index (χ4n) is 1.95. The Morgan fingerprint density at radius 2 is 2.00 bits per heavy atom. The summed E-state index contributed by atoms with van der Waals surface area (Å²) in [5.74, 6) is 0.648. The zero-order valence-corrected chi connectivity index (χ0v) is 12.0. The molecule has 5 heteroatoms. The van der Waals surface area contributed by atoms with Crippen LogP contribution in [0.4, 0.5) is 0 Å². The lowest BCUT2D eigenvalue weighted by atomic mass is 10.1. The minimum absolute atomic E-state index is 0.0540. The van der Waals surface area contributed by atoms with Crippen LogP contribution in [0.15, 0.2) is 28.9 Å². The van der Waals surface area contributed by atoms with Crippen molar-refractivity contribution in [2.24, 2.45) is 0 Å². The zero-order chi connectivity index (χ0) is 14.9. The number of carbonyl (C=O) groups is 1. The number of amides is 1. The number of carbonyl (C=O) groups excluding carboxylic acids is 1. The topological polar surface area (TPSA) is 62.2 Å². The van der Waals surface area contributed by atoms with Crippen LogP contribution in [0.2, 0.25) is 0 Å². The van der Waals surface area contributed by atoms with Gasteiger partial charge < -0.3 is 9.32 Å². The zero-order valence-electron chi connectivity index (χ0n) is 12.0. The third-order valence-corrected chi connectivity index (χ3v) is 3.33. The lowest BCUT2D eigenvalue weighted by Gasteiger charge is -2.21. The molecule has 0 aliphatic heterocycles. The Morgan fingerprint density at radius 3 is 2.50 bits per heavy atom. The smallest absolute Gasteiger partial charge is 0.258 e. The van der Waals surface area contributed by atoms with Crippen LogP contribution in [-0.4, -0.2) is 28.5 Å². The van der Waals surface area contributed by atoms with Crippen LogP contribution in [0.1, 0.15) is 35.5 Å². The summed E-state index contributed by atoms with van der Waals surface area (Å²) in [6.07, 6.45) is 3.55. The molecular formula is C15H17N3O2. The summed E-state index contributed by atoms with van der Waals surface area (Å²) >= 11 is 0. The summed E-state index contributed by atoms with van der Waals surface area (Å²) < 4.78 is 7.32. The van der Waals surface area contributed by atoms with Crippen LogP contribution in [0.25, 0.3) is 5.88 Å². The lowest BCUT2D eigenvalue weighted by molar-refractivity contribution is 0.0753. The highest BCUT2D eigenvalue weighted by Gasteiger charge is 2.27. The molecule has 0 bridgehead atoms. The average Bonchev–Trinajstić information content (AvgIpc) is 3.03. The van der Waals surface area contributed by atoms with Gasteiger partial charge in [-0.15, -0.1) is 0 Å². The molecule has 0 spiro atoms. The summed E-state index contributed by atoms with van der Waals surface area (Å²) in [5, 5.41) is 9.39. The largest absolute Gasteiger partial charge is 0.443 e. The summed E-state index contributed by atoms with van der Waals surface area (Å²) in [7, 11) is 1.72. The van der Waals surface area contributed by atoms with Crippen molar-refractivity contribution in [1.82, 2.24) is 9.47 Å². The molecule has 0 saturated carbocycles. The second-order valence-electron chi connectivity index (χ2n) is 4.93. The van der Waals surface area contributed by atoms with E-state index in [0.29, 0.717) is 17.2 Å². The molecule has 0 saturated heterocycles. The highest BCUT2D eigenvalue weighted by atomic mass is 16.4. The van der Waals surface area contributed by atoms with Crippen molar-refractivity contribution in [1.29, 1.82) is 5.26 Å². The lowest BCUT2D eigenvalue weighted by Crippen LogP contribution is -2.33. The van der Waals surface area contributed by atoms with Gasteiger partial charge in [0.25, 0.3) is 5.91 Å². The standard InChI is InChI=1S/C15H17N3O2/c1-10(2)17(4)14(19)13-11(3)20-15(12(13)9-16)18-7-5-6-8-18/h5-8,10H,1-4H3. The molecule has 2 rings (SSSR count). The van der Waals surface area contributed by atoms with Gasteiger partial charge in [0.1, 0.15) is 23.0 Å². The fourth-order valence-corrected chi connectivity index (χ4v) is 1.95. The van der Waals surface area contributed by atoms with Crippen molar-refractivity contribution in [2.45, 2.75) is 26.8 Å². The third-order valence-electron chi connectivity index (χ3n) is 3.33. The Hall–Kier alpha value is -2.48. The first-order valence-corrected chi connectivity index (χ1v) is 6.41. The van der Waals surface area contributed by atoms with Crippen molar-refractivity contribution >= 4 is 5.91 Å². The van der Waals surface area contributed by atoms with Crippen LogP contribution >= 0.6 is 0 Å². The predicted octanol–water partition coefficient (Wildman–Crippen LogP) is 2.73. The van der Waals surface area contributed by atoms with E-state index in [1.165, 1.54) is 0 Å². The Balaban J connectivity index is 2.56. The molecule has 0 unspecified atom stereocenters. The molecule has 0 N–H and O–H groups in total. The van der Waals surface area contributed by atoms with E-state index >= 15 is 0 Å². The predicted molar refractivity (Wildman–Crippen MR) is 74.7 cm³/mol. The van der Waals surface area contributed by atoms with Crippen LogP contribution in [0, 0.1) is 18.3 Å². The molecule has 0 aliphatic carbocycles. The normalized spacial score (nSPS) is 10.6. The minimum atomic E-state index is -0.198. The van der Waals surface area contributed by atoms with E-state index in [1.807, 2.05) is 26.0 Å². The first kappa shape index (κ1) is 13.9. The molecule has 5 nitrogen and oxygen atoms in total. The van der Waals surface area contributed by atoms with Gasteiger partial charge in [-0.1, -0.05) is 0 Å². The van der Waals surface area contributed by atoms with Gasteiger partial charge in [-0.05, 0) is 32.9 Å². The SMILES string of the molecule is Cc1oc(-n2cccc2)c(C#N)c1C(=O)N(C)C(C)C. The molecule has 0 aromatic carbocycles. The number of hydrogen-bond donors (Lipinski definition) is 0. The van der Waals surface area contributed by atoms with Gasteiger partial charge in [-0.25, -0.2) is 0 Å². The van der Waals surface area contributed by atoms with E-state index in [9.17, 15) is 10.1 Å². The van der Waals surface area contributed by atoms with Crippen molar-refractivity contribution in [2.75, 3.05) is 7.05 Å². The van der Waals surface area contributed by atoms with E-state index in [2.05, 4.69) is 6.07 Å². The molecule has 0 fully saturated rings. The van der Waals surface area contributed by atoms with Gasteiger partial charge >= 0.3 is 0 Å². The molecule has 2 aromatic heterocycles. The van der Waals surface area contributed by atoms with Crippen LogP contribution in [0.3, 0.4) is 0 Å².